The van der Waals surface area contributed by atoms with Gasteiger partial charge in [0.15, 0.2) is 0 Å². The largest absolute Gasteiger partial charge is 0.468 e. The number of likely N-dealkylation sites (tertiary alicyclic amines) is 1. The zero-order chi connectivity index (χ0) is 31.0. The molecule has 2 heterocycles. The summed E-state index contributed by atoms with van der Waals surface area (Å²) in [5.74, 6) is -0.383. The van der Waals surface area contributed by atoms with Crippen LogP contribution in [0, 0.1) is 10.1 Å². The quantitative estimate of drug-likeness (QED) is 0.174. The van der Waals surface area contributed by atoms with Crippen LogP contribution in [0.5, 0.6) is 0 Å². The van der Waals surface area contributed by atoms with Gasteiger partial charge >= 0.3 is 12.0 Å². The van der Waals surface area contributed by atoms with E-state index in [0.717, 1.165) is 5.56 Å². The molecule has 2 atom stereocenters. The third kappa shape index (κ3) is 6.88. The van der Waals surface area contributed by atoms with Gasteiger partial charge < -0.3 is 20.3 Å². The van der Waals surface area contributed by atoms with E-state index in [1.165, 1.54) is 36.3 Å². The molecule has 13 nitrogen and oxygen atoms in total. The van der Waals surface area contributed by atoms with Crippen molar-refractivity contribution in [1.82, 2.24) is 20.4 Å². The number of likely N-dealkylation sites (N-methyl/N-ethyl adjacent to an activating group) is 1. The molecule has 0 aromatic heterocycles. The molecule has 4 rings (SSSR count). The minimum Gasteiger partial charge on any atom is -0.468 e. The molecular weight excluding hydrogens is 556 g/mol. The number of rotatable bonds is 11. The van der Waals surface area contributed by atoms with E-state index in [9.17, 15) is 29.3 Å². The molecular formula is C30H36N6O7. The zero-order valence-corrected chi connectivity index (χ0v) is 24.2. The van der Waals surface area contributed by atoms with Gasteiger partial charge in [0.1, 0.15) is 11.9 Å². The summed E-state index contributed by atoms with van der Waals surface area (Å²) in [6, 6.07) is 12.9. The van der Waals surface area contributed by atoms with E-state index in [1.54, 1.807) is 6.92 Å². The van der Waals surface area contributed by atoms with Gasteiger partial charge in [0.2, 0.25) is 12.3 Å². The molecule has 0 aliphatic carbocycles. The highest BCUT2D eigenvalue weighted by molar-refractivity contribution is 6.08. The van der Waals surface area contributed by atoms with Crippen LogP contribution in [-0.2, 0) is 24.5 Å². The summed E-state index contributed by atoms with van der Waals surface area (Å²) in [5, 5.41) is 16.4. The van der Waals surface area contributed by atoms with Crippen molar-refractivity contribution in [3.8, 4) is 0 Å². The van der Waals surface area contributed by atoms with Crippen LogP contribution in [0.1, 0.15) is 49.8 Å². The molecule has 2 aromatic carbocycles. The molecule has 43 heavy (non-hydrogen) atoms. The smallest absolute Gasteiger partial charge is 0.343 e. The van der Waals surface area contributed by atoms with E-state index >= 15 is 0 Å². The van der Waals surface area contributed by atoms with Crippen LogP contribution in [0.2, 0.25) is 0 Å². The van der Waals surface area contributed by atoms with Crippen LogP contribution in [0.15, 0.2) is 59.6 Å². The van der Waals surface area contributed by atoms with E-state index in [-0.39, 0.29) is 36.4 Å². The highest BCUT2D eigenvalue weighted by Crippen LogP contribution is 2.37. The van der Waals surface area contributed by atoms with Crippen molar-refractivity contribution in [2.75, 3.05) is 33.3 Å². The number of nitro groups is 1. The van der Waals surface area contributed by atoms with Gasteiger partial charge in [0.05, 0.1) is 23.5 Å². The molecule has 228 valence electrons. The lowest BCUT2D eigenvalue weighted by molar-refractivity contribution is -0.384. The fraction of sp³-hybridized carbons (Fsp3) is 0.433. The summed E-state index contributed by atoms with van der Waals surface area (Å²) in [4.78, 5) is 68.5. The number of piperidine rings is 1. The van der Waals surface area contributed by atoms with E-state index in [2.05, 4.69) is 20.5 Å². The van der Waals surface area contributed by atoms with Gasteiger partial charge in [0.25, 0.3) is 5.69 Å². The number of hydrogen-bond acceptors (Lipinski definition) is 8. The van der Waals surface area contributed by atoms with Crippen molar-refractivity contribution in [2.45, 2.75) is 50.1 Å². The molecule has 0 bridgehead atoms. The second-order valence-electron chi connectivity index (χ2n) is 10.5. The Morgan fingerprint density at radius 2 is 1.86 bits per heavy atom. The molecule has 2 aromatic rings. The summed E-state index contributed by atoms with van der Waals surface area (Å²) < 4.78 is 5.17. The van der Waals surface area contributed by atoms with Gasteiger partial charge in [-0.1, -0.05) is 42.5 Å². The number of carbonyl (C=O) groups excluding carboxylic acids is 4. The summed E-state index contributed by atoms with van der Waals surface area (Å²) in [6.07, 6.45) is 2.40. The second kappa shape index (κ2) is 14.0. The molecule has 1 saturated heterocycles. The number of benzene rings is 2. The molecule has 1 fully saturated rings. The minimum atomic E-state index is -0.868. The SMILES string of the molecule is CCN(C(=O)CCCN1CCC(C(=O)OC)(c2ccccc2)CC1)C1=NC(=O)NC(c2ccc([N+](=O)[O-])cc2)C1NC=O. The van der Waals surface area contributed by atoms with Crippen molar-refractivity contribution >= 4 is 35.8 Å². The first kappa shape index (κ1) is 31.3. The van der Waals surface area contributed by atoms with Gasteiger partial charge in [-0.3, -0.25) is 29.4 Å². The number of non-ortho nitro benzene ring substituents is 1. The van der Waals surface area contributed by atoms with E-state index in [1.807, 2.05) is 30.3 Å². The van der Waals surface area contributed by atoms with E-state index in [4.69, 9.17) is 4.74 Å². The number of methoxy groups -OCH3 is 1. The van der Waals surface area contributed by atoms with Crippen LogP contribution in [0.4, 0.5) is 10.5 Å². The Kier molecular flexibility index (Phi) is 10.2. The first-order chi connectivity index (χ1) is 20.7. The number of aliphatic imine (C=N–C) groups is 1. The molecule has 4 amide bonds. The van der Waals surface area contributed by atoms with Crippen molar-refractivity contribution in [1.29, 1.82) is 0 Å². The van der Waals surface area contributed by atoms with Crippen LogP contribution in [0.25, 0.3) is 0 Å². The number of nitrogens with zero attached hydrogens (tertiary/aromatic N) is 4. The van der Waals surface area contributed by atoms with Crippen molar-refractivity contribution < 1.29 is 28.8 Å². The molecule has 2 aliphatic rings. The molecule has 2 N–H and O–H groups in total. The number of nitrogens with one attached hydrogen (secondary N) is 2. The van der Waals surface area contributed by atoms with Crippen LogP contribution in [-0.4, -0.2) is 84.2 Å². The topological polar surface area (TPSA) is 164 Å². The first-order valence-electron chi connectivity index (χ1n) is 14.2. The van der Waals surface area contributed by atoms with E-state index < -0.39 is 28.5 Å². The Morgan fingerprint density at radius 3 is 2.44 bits per heavy atom. The minimum absolute atomic E-state index is 0.107. The second-order valence-corrected chi connectivity index (χ2v) is 10.5. The Balaban J connectivity index is 1.40. The van der Waals surface area contributed by atoms with Gasteiger partial charge in [-0.25, -0.2) is 4.79 Å². The van der Waals surface area contributed by atoms with Gasteiger partial charge in [-0.05, 0) is 56.9 Å². The molecule has 0 radical (unpaired) electrons. The normalized spacial score (nSPS) is 19.9. The lowest BCUT2D eigenvalue weighted by Gasteiger charge is -2.40. The summed E-state index contributed by atoms with van der Waals surface area (Å²) in [6.45, 7) is 3.96. The molecule has 2 aliphatic heterocycles. The van der Waals surface area contributed by atoms with Crippen molar-refractivity contribution in [3.63, 3.8) is 0 Å². The zero-order valence-electron chi connectivity index (χ0n) is 24.2. The maximum absolute atomic E-state index is 13.4. The average Bonchev–Trinajstić information content (AvgIpc) is 3.03. The third-order valence-corrected chi connectivity index (χ3v) is 8.19. The number of urea groups is 1. The number of amides is 4. The van der Waals surface area contributed by atoms with Gasteiger partial charge in [-0.15, -0.1) is 0 Å². The van der Waals surface area contributed by atoms with Crippen molar-refractivity contribution in [3.05, 3.63) is 75.8 Å². The lowest BCUT2D eigenvalue weighted by Crippen LogP contribution is -2.58. The highest BCUT2D eigenvalue weighted by Gasteiger charge is 2.44. The standard InChI is InChI=1S/C30H36N6O7/c1-3-35(27-26(31-20-37)25(32-29(40)33-27)21-11-13-23(14-12-21)36(41)42)24(38)10-7-17-34-18-15-30(16-19-34,28(39)43-2)22-8-5-4-6-9-22/h4-6,8-9,11-14,20,25-26H,3,7,10,15-19H2,1-2H3,(H,31,37)(H,32,40). The maximum atomic E-state index is 13.4. The van der Waals surface area contributed by atoms with Crippen LogP contribution < -0.4 is 10.6 Å². The number of carbonyl (C=O) groups is 4. The summed E-state index contributed by atoms with van der Waals surface area (Å²) in [5.41, 5.74) is 0.646. The first-order valence-corrected chi connectivity index (χ1v) is 14.2. The fourth-order valence-corrected chi connectivity index (χ4v) is 5.90. The fourth-order valence-electron chi connectivity index (χ4n) is 5.90. The van der Waals surface area contributed by atoms with Crippen LogP contribution >= 0.6 is 0 Å². The Bertz CT molecular complexity index is 1360. The number of nitro benzene ring substituents is 1. The average molecular weight is 593 g/mol. The Morgan fingerprint density at radius 1 is 1.19 bits per heavy atom. The highest BCUT2D eigenvalue weighted by atomic mass is 16.6. The molecule has 13 heteroatoms. The Hall–Kier alpha value is -4.65. The van der Waals surface area contributed by atoms with Crippen molar-refractivity contribution in [2.24, 2.45) is 4.99 Å². The molecule has 2 unspecified atom stereocenters. The maximum Gasteiger partial charge on any atom is 0.343 e. The molecule has 0 spiro atoms. The molecule has 0 saturated carbocycles. The number of esters is 1. The predicted octanol–water partition coefficient (Wildman–Crippen LogP) is 2.71. The number of hydrogen-bond donors (Lipinski definition) is 2. The number of amidine groups is 1. The van der Waals surface area contributed by atoms with Gasteiger partial charge in [0, 0.05) is 25.1 Å². The third-order valence-electron chi connectivity index (χ3n) is 8.19. The van der Waals surface area contributed by atoms with Gasteiger partial charge in [-0.2, -0.15) is 4.99 Å². The lowest BCUT2D eigenvalue weighted by atomic mass is 9.72. The monoisotopic (exact) mass is 592 g/mol. The number of ether oxygens (including phenoxy) is 1. The Labute approximate surface area is 249 Å². The predicted molar refractivity (Wildman–Crippen MR) is 157 cm³/mol. The van der Waals surface area contributed by atoms with E-state index in [0.29, 0.717) is 50.9 Å². The summed E-state index contributed by atoms with van der Waals surface area (Å²) >= 11 is 0. The van der Waals surface area contributed by atoms with Crippen LogP contribution in [0.3, 0.4) is 0 Å². The summed E-state index contributed by atoms with van der Waals surface area (Å²) in [7, 11) is 1.41.